The van der Waals surface area contributed by atoms with Crippen LogP contribution in [0.5, 0.6) is 5.75 Å². The molecule has 70 valence electrons. The van der Waals surface area contributed by atoms with Crippen molar-refractivity contribution < 1.29 is 9.47 Å². The number of hydrogen-bond acceptors (Lipinski definition) is 2. The van der Waals surface area contributed by atoms with Gasteiger partial charge < -0.3 is 9.47 Å². The number of benzene rings is 1. The highest BCUT2D eigenvalue weighted by Gasteiger charge is 2.12. The van der Waals surface area contributed by atoms with Gasteiger partial charge in [-0.25, -0.2) is 0 Å². The largest absolute Gasteiger partial charge is 0.491 e. The first-order chi connectivity index (χ1) is 6.40. The minimum atomic E-state index is 0.634. The first-order valence-electron chi connectivity index (χ1n) is 4.63. The van der Waals surface area contributed by atoms with Crippen molar-refractivity contribution in [3.63, 3.8) is 0 Å². The summed E-state index contributed by atoms with van der Waals surface area (Å²) in [6.45, 7) is 1.28. The van der Waals surface area contributed by atoms with Gasteiger partial charge in [0, 0.05) is 7.11 Å². The van der Waals surface area contributed by atoms with E-state index >= 15 is 0 Å². The molecule has 0 bridgehead atoms. The molecule has 1 aromatic rings. The lowest BCUT2D eigenvalue weighted by atomic mass is 9.89. The van der Waals surface area contributed by atoms with Crippen molar-refractivity contribution in [1.82, 2.24) is 0 Å². The molecule has 2 nitrogen and oxygen atoms in total. The summed E-state index contributed by atoms with van der Waals surface area (Å²) in [5.41, 5.74) is 2.91. The van der Waals surface area contributed by atoms with Crippen molar-refractivity contribution in [3.05, 3.63) is 29.3 Å². The first-order valence-corrected chi connectivity index (χ1v) is 4.63. The van der Waals surface area contributed by atoms with Crippen molar-refractivity contribution in [2.75, 3.05) is 20.3 Å². The molecule has 0 amide bonds. The van der Waals surface area contributed by atoms with Crippen LogP contribution in [-0.4, -0.2) is 20.3 Å². The van der Waals surface area contributed by atoms with Gasteiger partial charge in [-0.2, -0.15) is 0 Å². The van der Waals surface area contributed by atoms with Gasteiger partial charge in [0.05, 0.1) is 6.61 Å². The van der Waals surface area contributed by atoms with E-state index in [-0.39, 0.29) is 0 Å². The lowest BCUT2D eigenvalue weighted by Gasteiger charge is -2.19. The molecule has 0 saturated carbocycles. The zero-order valence-corrected chi connectivity index (χ0v) is 7.88. The molecule has 0 radical (unpaired) electrons. The number of aryl methyl sites for hydroxylation is 2. The SMILES string of the molecule is COCCOc1ccc2c(c1)CC2. The summed E-state index contributed by atoms with van der Waals surface area (Å²) in [6.07, 6.45) is 2.44. The molecule has 0 N–H and O–H groups in total. The van der Waals surface area contributed by atoms with E-state index in [1.165, 1.54) is 24.0 Å². The number of rotatable bonds is 4. The highest BCUT2D eigenvalue weighted by molar-refractivity contribution is 5.41. The zero-order valence-electron chi connectivity index (χ0n) is 7.88. The van der Waals surface area contributed by atoms with E-state index in [1.54, 1.807) is 7.11 Å². The van der Waals surface area contributed by atoms with Crippen LogP contribution in [0.1, 0.15) is 11.1 Å². The molecule has 0 fully saturated rings. The smallest absolute Gasteiger partial charge is 0.119 e. The first kappa shape index (κ1) is 8.57. The molecule has 1 aliphatic rings. The third-order valence-corrected chi connectivity index (χ3v) is 2.40. The molecule has 0 heterocycles. The Balaban J connectivity index is 1.93. The van der Waals surface area contributed by atoms with Gasteiger partial charge in [-0.3, -0.25) is 0 Å². The second-order valence-electron chi connectivity index (χ2n) is 3.27. The molecule has 13 heavy (non-hydrogen) atoms. The maximum absolute atomic E-state index is 5.49. The number of fused-ring (bicyclic) bond motifs is 1. The average Bonchev–Trinajstić information content (AvgIpc) is 2.10. The summed E-state index contributed by atoms with van der Waals surface area (Å²) in [5.74, 6) is 0.968. The topological polar surface area (TPSA) is 18.5 Å². The molecule has 1 aliphatic carbocycles. The Morgan fingerprint density at radius 2 is 2.00 bits per heavy atom. The molecule has 2 rings (SSSR count). The van der Waals surface area contributed by atoms with Gasteiger partial charge in [0.25, 0.3) is 0 Å². The van der Waals surface area contributed by atoms with Gasteiger partial charge in [0.15, 0.2) is 0 Å². The maximum atomic E-state index is 5.49. The van der Waals surface area contributed by atoms with Crippen LogP contribution in [0.2, 0.25) is 0 Å². The van der Waals surface area contributed by atoms with Crippen LogP contribution < -0.4 is 4.74 Å². The Labute approximate surface area is 78.5 Å². The van der Waals surface area contributed by atoms with Crippen LogP contribution in [0, 0.1) is 0 Å². The number of ether oxygens (including phenoxy) is 2. The Bertz CT molecular complexity index is 294. The summed E-state index contributed by atoms with van der Waals surface area (Å²) in [4.78, 5) is 0. The molecule has 0 unspecified atom stereocenters. The second-order valence-corrected chi connectivity index (χ2v) is 3.27. The lowest BCUT2D eigenvalue weighted by molar-refractivity contribution is 0.146. The van der Waals surface area contributed by atoms with E-state index < -0.39 is 0 Å². The molecule has 0 aliphatic heterocycles. The Morgan fingerprint density at radius 3 is 2.62 bits per heavy atom. The average molecular weight is 178 g/mol. The molecular weight excluding hydrogens is 164 g/mol. The highest BCUT2D eigenvalue weighted by Crippen LogP contribution is 2.26. The maximum Gasteiger partial charge on any atom is 0.119 e. The Morgan fingerprint density at radius 1 is 1.15 bits per heavy atom. The van der Waals surface area contributed by atoms with Gasteiger partial charge >= 0.3 is 0 Å². The molecule has 0 aromatic heterocycles. The van der Waals surface area contributed by atoms with Crippen molar-refractivity contribution >= 4 is 0 Å². The van der Waals surface area contributed by atoms with Crippen molar-refractivity contribution in [2.24, 2.45) is 0 Å². The molecule has 2 heteroatoms. The van der Waals surface area contributed by atoms with Gasteiger partial charge in [0.2, 0.25) is 0 Å². The lowest BCUT2D eigenvalue weighted by Crippen LogP contribution is -2.09. The third kappa shape index (κ3) is 1.83. The minimum Gasteiger partial charge on any atom is -0.491 e. The predicted molar refractivity (Wildman–Crippen MR) is 51.2 cm³/mol. The molecular formula is C11H14O2. The summed E-state index contributed by atoms with van der Waals surface area (Å²) in [6, 6.07) is 6.32. The Kier molecular flexibility index (Phi) is 2.50. The van der Waals surface area contributed by atoms with Crippen molar-refractivity contribution in [2.45, 2.75) is 12.8 Å². The predicted octanol–water partition coefficient (Wildman–Crippen LogP) is 1.81. The normalized spacial score (nSPS) is 13.3. The molecule has 0 spiro atoms. The van der Waals surface area contributed by atoms with Gasteiger partial charge in [-0.15, -0.1) is 0 Å². The van der Waals surface area contributed by atoms with Crippen LogP contribution >= 0.6 is 0 Å². The van der Waals surface area contributed by atoms with Gasteiger partial charge in [-0.1, -0.05) is 6.07 Å². The van der Waals surface area contributed by atoms with Crippen LogP contribution in [-0.2, 0) is 17.6 Å². The summed E-state index contributed by atoms with van der Waals surface area (Å²) in [7, 11) is 1.68. The third-order valence-electron chi connectivity index (χ3n) is 2.40. The van der Waals surface area contributed by atoms with Gasteiger partial charge in [0.1, 0.15) is 12.4 Å². The summed E-state index contributed by atoms with van der Waals surface area (Å²) in [5, 5.41) is 0. The zero-order chi connectivity index (χ0) is 9.10. The quantitative estimate of drug-likeness (QED) is 0.655. The second kappa shape index (κ2) is 3.79. The van der Waals surface area contributed by atoms with Crippen molar-refractivity contribution in [1.29, 1.82) is 0 Å². The van der Waals surface area contributed by atoms with Crippen LogP contribution in [0.15, 0.2) is 18.2 Å². The fourth-order valence-electron chi connectivity index (χ4n) is 1.50. The van der Waals surface area contributed by atoms with Gasteiger partial charge in [-0.05, 0) is 36.1 Å². The van der Waals surface area contributed by atoms with E-state index in [4.69, 9.17) is 9.47 Å². The molecule has 0 atom stereocenters. The summed E-state index contributed by atoms with van der Waals surface area (Å²) < 4.78 is 10.4. The van der Waals surface area contributed by atoms with Crippen LogP contribution in [0.3, 0.4) is 0 Å². The van der Waals surface area contributed by atoms with E-state index in [9.17, 15) is 0 Å². The summed E-state index contributed by atoms with van der Waals surface area (Å²) >= 11 is 0. The highest BCUT2D eigenvalue weighted by atomic mass is 16.5. The monoisotopic (exact) mass is 178 g/mol. The minimum absolute atomic E-state index is 0.634. The van der Waals surface area contributed by atoms with E-state index in [0.29, 0.717) is 13.2 Å². The van der Waals surface area contributed by atoms with Crippen molar-refractivity contribution in [3.8, 4) is 5.75 Å². The Hall–Kier alpha value is -1.02. The molecule has 0 saturated heterocycles. The number of methoxy groups -OCH3 is 1. The molecule has 1 aromatic carbocycles. The fourth-order valence-corrected chi connectivity index (χ4v) is 1.50. The van der Waals surface area contributed by atoms with E-state index in [0.717, 1.165) is 5.75 Å². The van der Waals surface area contributed by atoms with Crippen LogP contribution in [0.25, 0.3) is 0 Å². The van der Waals surface area contributed by atoms with E-state index in [2.05, 4.69) is 12.1 Å². The standard InChI is InChI=1S/C11H14O2/c1-12-6-7-13-11-5-4-9-2-3-10(9)8-11/h4-5,8H,2-3,6-7H2,1H3. The number of hydrogen-bond donors (Lipinski definition) is 0. The van der Waals surface area contributed by atoms with Crippen LogP contribution in [0.4, 0.5) is 0 Å². The van der Waals surface area contributed by atoms with E-state index in [1.807, 2.05) is 6.07 Å². The fraction of sp³-hybridized carbons (Fsp3) is 0.455.